The SMILES string of the molecule is CCc1c(OC(=O)C=Cc2ccccc2)cc(Cl)c(Oc2ccc(N)c(Br)c2)c1Cl. The van der Waals surface area contributed by atoms with Gasteiger partial charge in [0, 0.05) is 27.9 Å². The fourth-order valence-corrected chi connectivity index (χ4v) is 3.70. The van der Waals surface area contributed by atoms with E-state index in [0.717, 1.165) is 5.56 Å². The molecular formula is C23H18BrCl2NO3. The Balaban J connectivity index is 1.85. The average Bonchev–Trinajstić information content (AvgIpc) is 2.73. The lowest BCUT2D eigenvalue weighted by atomic mass is 10.1. The van der Waals surface area contributed by atoms with Gasteiger partial charge < -0.3 is 15.2 Å². The van der Waals surface area contributed by atoms with Crippen molar-refractivity contribution in [3.8, 4) is 17.2 Å². The first-order chi connectivity index (χ1) is 14.4. The molecule has 0 aliphatic heterocycles. The zero-order chi connectivity index (χ0) is 21.7. The van der Waals surface area contributed by atoms with Crippen LogP contribution in [-0.4, -0.2) is 5.97 Å². The van der Waals surface area contributed by atoms with Crippen LogP contribution in [0.5, 0.6) is 17.2 Å². The normalized spacial score (nSPS) is 10.9. The molecule has 0 atom stereocenters. The highest BCUT2D eigenvalue weighted by molar-refractivity contribution is 9.10. The predicted octanol–water partition coefficient (Wildman–Crippen LogP) is 7.31. The lowest BCUT2D eigenvalue weighted by molar-refractivity contribution is -0.128. The summed E-state index contributed by atoms with van der Waals surface area (Å²) in [5.41, 5.74) is 7.90. The number of esters is 1. The second kappa shape index (κ2) is 10.0. The van der Waals surface area contributed by atoms with Crippen LogP contribution in [0.2, 0.25) is 10.0 Å². The zero-order valence-corrected chi connectivity index (χ0v) is 19.1. The topological polar surface area (TPSA) is 61.5 Å². The van der Waals surface area contributed by atoms with Crippen LogP contribution in [0.4, 0.5) is 5.69 Å². The lowest BCUT2D eigenvalue weighted by Crippen LogP contribution is -2.06. The smallest absolute Gasteiger partial charge is 0.336 e. The molecule has 0 aliphatic rings. The molecule has 0 bridgehead atoms. The highest BCUT2D eigenvalue weighted by Crippen LogP contribution is 2.44. The van der Waals surface area contributed by atoms with Crippen LogP contribution in [0.25, 0.3) is 6.08 Å². The molecule has 0 aromatic heterocycles. The summed E-state index contributed by atoms with van der Waals surface area (Å²) >= 11 is 16.3. The second-order valence-electron chi connectivity index (χ2n) is 6.28. The maximum absolute atomic E-state index is 12.3. The number of nitrogens with two attached hydrogens (primary N) is 1. The molecule has 3 aromatic rings. The average molecular weight is 507 g/mol. The van der Waals surface area contributed by atoms with Gasteiger partial charge in [-0.3, -0.25) is 0 Å². The highest BCUT2D eigenvalue weighted by Gasteiger charge is 2.19. The van der Waals surface area contributed by atoms with Crippen LogP contribution in [-0.2, 0) is 11.2 Å². The van der Waals surface area contributed by atoms with Crippen molar-refractivity contribution in [1.29, 1.82) is 0 Å². The molecule has 0 unspecified atom stereocenters. The van der Waals surface area contributed by atoms with E-state index in [1.165, 1.54) is 12.1 Å². The Morgan fingerprint density at radius 3 is 2.53 bits per heavy atom. The van der Waals surface area contributed by atoms with Crippen LogP contribution in [0.3, 0.4) is 0 Å². The molecule has 2 N–H and O–H groups in total. The largest absolute Gasteiger partial charge is 0.454 e. The first-order valence-corrected chi connectivity index (χ1v) is 10.6. The Hall–Kier alpha value is -2.47. The van der Waals surface area contributed by atoms with Gasteiger partial charge in [-0.15, -0.1) is 0 Å². The zero-order valence-electron chi connectivity index (χ0n) is 16.0. The number of rotatable bonds is 6. The summed E-state index contributed by atoms with van der Waals surface area (Å²) in [5, 5.41) is 0.507. The molecule has 3 aromatic carbocycles. The quantitative estimate of drug-likeness (QED) is 0.165. The Kier molecular flexibility index (Phi) is 7.43. The third-order valence-electron chi connectivity index (χ3n) is 4.20. The predicted molar refractivity (Wildman–Crippen MR) is 126 cm³/mol. The number of carbonyl (C=O) groups excluding carboxylic acids is 1. The van der Waals surface area contributed by atoms with Crippen LogP contribution in [0.15, 0.2) is 65.1 Å². The molecule has 0 saturated heterocycles. The minimum absolute atomic E-state index is 0.222. The minimum Gasteiger partial charge on any atom is -0.454 e. The van der Waals surface area contributed by atoms with Gasteiger partial charge in [-0.1, -0.05) is 60.5 Å². The van der Waals surface area contributed by atoms with Crippen LogP contribution in [0.1, 0.15) is 18.1 Å². The van der Waals surface area contributed by atoms with Gasteiger partial charge >= 0.3 is 5.97 Å². The number of benzene rings is 3. The van der Waals surface area contributed by atoms with Crippen molar-refractivity contribution >= 4 is 56.9 Å². The molecule has 0 fully saturated rings. The van der Waals surface area contributed by atoms with Crippen molar-refractivity contribution in [2.45, 2.75) is 13.3 Å². The van der Waals surface area contributed by atoms with Crippen molar-refractivity contribution in [2.75, 3.05) is 5.73 Å². The minimum atomic E-state index is -0.531. The molecule has 7 heteroatoms. The number of hydrogen-bond donors (Lipinski definition) is 1. The van der Waals surface area contributed by atoms with Gasteiger partial charge in [0.1, 0.15) is 11.5 Å². The maximum atomic E-state index is 12.3. The summed E-state index contributed by atoms with van der Waals surface area (Å²) in [5.74, 6) is 0.557. The third-order valence-corrected chi connectivity index (χ3v) is 5.57. The van der Waals surface area contributed by atoms with Crippen molar-refractivity contribution in [2.24, 2.45) is 0 Å². The van der Waals surface area contributed by atoms with E-state index in [9.17, 15) is 4.79 Å². The molecule has 0 saturated carbocycles. The monoisotopic (exact) mass is 505 g/mol. The number of halogens is 3. The third kappa shape index (κ3) is 5.36. The van der Waals surface area contributed by atoms with Gasteiger partial charge in [-0.2, -0.15) is 0 Å². The molecular weight excluding hydrogens is 489 g/mol. The molecule has 154 valence electrons. The number of nitrogen functional groups attached to an aromatic ring is 1. The van der Waals surface area contributed by atoms with Crippen molar-refractivity contribution < 1.29 is 14.3 Å². The molecule has 0 aliphatic carbocycles. The Bertz CT molecular complexity index is 1100. The molecule has 3 rings (SSSR count). The van der Waals surface area contributed by atoms with Gasteiger partial charge in [0.25, 0.3) is 0 Å². The summed E-state index contributed by atoms with van der Waals surface area (Å²) in [6, 6.07) is 16.1. The number of hydrogen-bond acceptors (Lipinski definition) is 4. The van der Waals surface area contributed by atoms with Gasteiger partial charge in [-0.05, 0) is 52.2 Å². The van der Waals surface area contributed by atoms with Crippen LogP contribution >= 0.6 is 39.1 Å². The summed E-state index contributed by atoms with van der Waals surface area (Å²) in [7, 11) is 0. The van der Waals surface area contributed by atoms with E-state index in [1.54, 1.807) is 24.3 Å². The van der Waals surface area contributed by atoms with Gasteiger partial charge in [0.2, 0.25) is 0 Å². The summed E-state index contributed by atoms with van der Waals surface area (Å²) in [4.78, 5) is 12.3. The van der Waals surface area contributed by atoms with Crippen molar-refractivity contribution in [3.63, 3.8) is 0 Å². The summed E-state index contributed by atoms with van der Waals surface area (Å²) < 4.78 is 12.1. The van der Waals surface area contributed by atoms with Crippen molar-refractivity contribution in [3.05, 3.63) is 86.3 Å². The molecule has 0 spiro atoms. The van der Waals surface area contributed by atoms with E-state index in [1.807, 2.05) is 37.3 Å². The summed E-state index contributed by atoms with van der Waals surface area (Å²) in [6.45, 7) is 1.90. The molecule has 0 radical (unpaired) electrons. The second-order valence-corrected chi connectivity index (χ2v) is 7.92. The molecule has 4 nitrogen and oxygen atoms in total. The number of ether oxygens (including phenoxy) is 2. The Morgan fingerprint density at radius 1 is 1.13 bits per heavy atom. The van der Waals surface area contributed by atoms with E-state index in [2.05, 4.69) is 15.9 Å². The molecule has 0 amide bonds. The molecule has 0 heterocycles. The van der Waals surface area contributed by atoms with Gasteiger partial charge in [0.15, 0.2) is 5.75 Å². The van der Waals surface area contributed by atoms with E-state index in [4.69, 9.17) is 38.4 Å². The number of anilines is 1. The highest BCUT2D eigenvalue weighted by atomic mass is 79.9. The van der Waals surface area contributed by atoms with E-state index in [-0.39, 0.29) is 15.8 Å². The van der Waals surface area contributed by atoms with Gasteiger partial charge in [0.05, 0.1) is 10.0 Å². The van der Waals surface area contributed by atoms with Gasteiger partial charge in [-0.25, -0.2) is 4.79 Å². The fraction of sp³-hybridized carbons (Fsp3) is 0.0870. The Morgan fingerprint density at radius 2 is 1.87 bits per heavy atom. The first-order valence-electron chi connectivity index (χ1n) is 9.07. The van der Waals surface area contributed by atoms with E-state index < -0.39 is 5.97 Å². The number of carbonyl (C=O) groups is 1. The van der Waals surface area contributed by atoms with Crippen LogP contribution in [0, 0.1) is 0 Å². The van der Waals surface area contributed by atoms with E-state index in [0.29, 0.717) is 33.6 Å². The Labute approximate surface area is 193 Å². The fourth-order valence-electron chi connectivity index (χ4n) is 2.69. The van der Waals surface area contributed by atoms with Crippen molar-refractivity contribution in [1.82, 2.24) is 0 Å². The first kappa shape index (κ1) is 22.2. The molecule has 30 heavy (non-hydrogen) atoms. The van der Waals surface area contributed by atoms with Crippen LogP contribution < -0.4 is 15.2 Å². The summed E-state index contributed by atoms with van der Waals surface area (Å²) in [6.07, 6.45) is 3.54. The lowest BCUT2D eigenvalue weighted by Gasteiger charge is -2.16. The standard InChI is InChI=1S/C23H18BrCl2NO3/c1-2-16-20(30-21(28)11-8-14-6-4-3-5-7-14)13-18(25)23(22(16)26)29-15-9-10-19(27)17(24)12-15/h3-13H,2,27H2,1H3. The van der Waals surface area contributed by atoms with E-state index >= 15 is 0 Å². The maximum Gasteiger partial charge on any atom is 0.336 e.